The molecule has 152 valence electrons. The molecular weight excluding hydrogens is 396 g/mol. The molecular formula is C21H21F2N3O2S. The molecule has 1 heterocycles. The van der Waals surface area contributed by atoms with Gasteiger partial charge in [0, 0.05) is 12.1 Å². The molecule has 3 rings (SSSR count). The first-order chi connectivity index (χ1) is 13.8. The van der Waals surface area contributed by atoms with Crippen LogP contribution in [0.3, 0.4) is 0 Å². The van der Waals surface area contributed by atoms with Crippen LogP contribution in [0.2, 0.25) is 0 Å². The Kier molecular flexibility index (Phi) is 6.32. The lowest BCUT2D eigenvalue weighted by Gasteiger charge is -2.20. The van der Waals surface area contributed by atoms with E-state index in [2.05, 4.69) is 10.3 Å². The summed E-state index contributed by atoms with van der Waals surface area (Å²) in [7, 11) is 0. The second-order valence-electron chi connectivity index (χ2n) is 6.72. The van der Waals surface area contributed by atoms with Gasteiger partial charge in [0.05, 0.1) is 21.8 Å². The van der Waals surface area contributed by atoms with Gasteiger partial charge in [0.25, 0.3) is 5.56 Å². The number of thioether (sulfide) groups is 1. The minimum Gasteiger partial charge on any atom is -0.323 e. The molecule has 0 aliphatic heterocycles. The van der Waals surface area contributed by atoms with Gasteiger partial charge in [0.2, 0.25) is 5.91 Å². The summed E-state index contributed by atoms with van der Waals surface area (Å²) in [5.74, 6) is -1.89. The Bertz CT molecular complexity index is 1120. The summed E-state index contributed by atoms with van der Waals surface area (Å²) in [4.78, 5) is 30.1. The third-order valence-electron chi connectivity index (χ3n) is 4.64. The minimum absolute atomic E-state index is 0.113. The molecule has 1 amide bonds. The maximum Gasteiger partial charge on any atom is 0.262 e. The molecule has 1 N–H and O–H groups in total. The van der Waals surface area contributed by atoms with Gasteiger partial charge in [-0.2, -0.15) is 0 Å². The first-order valence-corrected chi connectivity index (χ1v) is 10.1. The van der Waals surface area contributed by atoms with Gasteiger partial charge in [-0.25, -0.2) is 13.8 Å². The number of rotatable bonds is 6. The van der Waals surface area contributed by atoms with Crippen molar-refractivity contribution in [3.8, 4) is 0 Å². The molecule has 0 saturated carbocycles. The second kappa shape index (κ2) is 8.73. The monoisotopic (exact) mass is 417 g/mol. The van der Waals surface area contributed by atoms with Crippen LogP contribution in [0.1, 0.15) is 33.2 Å². The minimum atomic E-state index is -0.725. The standard InChI is InChI=1S/C21H21F2N3O2S/c1-4-12(2)26-20(28)15-7-5-6-8-17(15)25-21(26)29-13(3)19(27)24-18-11-14(22)9-10-16(18)23/h5-13H,4H2,1-3H3,(H,24,27)/t12-,13-/m0/s1. The SMILES string of the molecule is CC[C@H](C)n1c(S[C@@H](C)C(=O)Nc2cc(F)ccc2F)nc2ccccc2c1=O. The van der Waals surface area contributed by atoms with Gasteiger partial charge in [-0.15, -0.1) is 0 Å². The van der Waals surface area contributed by atoms with Crippen LogP contribution in [-0.4, -0.2) is 20.7 Å². The van der Waals surface area contributed by atoms with Crippen molar-refractivity contribution in [2.45, 2.75) is 43.6 Å². The summed E-state index contributed by atoms with van der Waals surface area (Å²) in [6.07, 6.45) is 0.711. The van der Waals surface area contributed by atoms with Crippen LogP contribution in [0, 0.1) is 11.6 Å². The summed E-state index contributed by atoms with van der Waals surface area (Å²) in [6.45, 7) is 5.50. The molecule has 1 aromatic heterocycles. The molecule has 2 atom stereocenters. The van der Waals surface area contributed by atoms with Gasteiger partial charge in [-0.3, -0.25) is 14.2 Å². The first-order valence-electron chi connectivity index (χ1n) is 9.25. The van der Waals surface area contributed by atoms with Crippen molar-refractivity contribution in [2.75, 3.05) is 5.32 Å². The molecule has 0 radical (unpaired) electrons. The highest BCUT2D eigenvalue weighted by Crippen LogP contribution is 2.27. The molecule has 0 saturated heterocycles. The lowest BCUT2D eigenvalue weighted by atomic mass is 10.2. The molecule has 0 spiro atoms. The van der Waals surface area contributed by atoms with Crippen LogP contribution in [-0.2, 0) is 4.79 Å². The number of amides is 1. The highest BCUT2D eigenvalue weighted by molar-refractivity contribution is 8.00. The average Bonchev–Trinajstić information content (AvgIpc) is 2.70. The number of aromatic nitrogens is 2. The predicted molar refractivity (Wildman–Crippen MR) is 111 cm³/mol. The lowest BCUT2D eigenvalue weighted by Crippen LogP contribution is -2.28. The van der Waals surface area contributed by atoms with Gasteiger partial charge in [0.1, 0.15) is 11.6 Å². The molecule has 29 heavy (non-hydrogen) atoms. The average molecular weight is 417 g/mol. The van der Waals surface area contributed by atoms with Crippen LogP contribution < -0.4 is 10.9 Å². The Hall–Kier alpha value is -2.74. The number of fused-ring (bicyclic) bond motifs is 1. The molecule has 5 nitrogen and oxygen atoms in total. The Labute approximate surface area is 171 Å². The maximum atomic E-state index is 13.8. The van der Waals surface area contributed by atoms with Gasteiger partial charge in [0.15, 0.2) is 5.16 Å². The van der Waals surface area contributed by atoms with Crippen molar-refractivity contribution >= 4 is 34.3 Å². The van der Waals surface area contributed by atoms with Gasteiger partial charge in [-0.05, 0) is 44.5 Å². The summed E-state index contributed by atoms with van der Waals surface area (Å²) in [5, 5.41) is 2.62. The van der Waals surface area contributed by atoms with E-state index in [-0.39, 0.29) is 17.3 Å². The van der Waals surface area contributed by atoms with E-state index in [9.17, 15) is 18.4 Å². The fraction of sp³-hybridized carbons (Fsp3) is 0.286. The van der Waals surface area contributed by atoms with E-state index < -0.39 is 22.8 Å². The number of carbonyl (C=O) groups excluding carboxylic acids is 1. The Morgan fingerprint density at radius 2 is 1.93 bits per heavy atom. The van der Waals surface area contributed by atoms with E-state index in [1.165, 1.54) is 0 Å². The maximum absolute atomic E-state index is 13.8. The zero-order valence-corrected chi connectivity index (χ0v) is 17.1. The Morgan fingerprint density at radius 3 is 2.66 bits per heavy atom. The quantitative estimate of drug-likeness (QED) is 0.464. The van der Waals surface area contributed by atoms with Crippen molar-refractivity contribution < 1.29 is 13.6 Å². The van der Waals surface area contributed by atoms with Crippen molar-refractivity contribution in [1.29, 1.82) is 0 Å². The van der Waals surface area contributed by atoms with E-state index >= 15 is 0 Å². The fourth-order valence-electron chi connectivity index (χ4n) is 2.82. The number of benzene rings is 2. The molecule has 0 aliphatic rings. The number of hydrogen-bond acceptors (Lipinski definition) is 4. The highest BCUT2D eigenvalue weighted by Gasteiger charge is 2.22. The highest BCUT2D eigenvalue weighted by atomic mass is 32.2. The molecule has 0 bridgehead atoms. The van der Waals surface area contributed by atoms with Crippen LogP contribution >= 0.6 is 11.8 Å². The van der Waals surface area contributed by atoms with Crippen molar-refractivity contribution in [2.24, 2.45) is 0 Å². The van der Waals surface area contributed by atoms with E-state index in [0.29, 0.717) is 22.5 Å². The van der Waals surface area contributed by atoms with Crippen LogP contribution in [0.4, 0.5) is 14.5 Å². The van der Waals surface area contributed by atoms with Crippen molar-refractivity contribution in [3.63, 3.8) is 0 Å². The topological polar surface area (TPSA) is 64.0 Å². The Balaban J connectivity index is 1.93. The third-order valence-corrected chi connectivity index (χ3v) is 5.71. The number of para-hydroxylation sites is 1. The molecule has 0 unspecified atom stereocenters. The summed E-state index contributed by atoms with van der Waals surface area (Å²) in [5.41, 5.74) is 0.146. The van der Waals surface area contributed by atoms with E-state index in [1.54, 1.807) is 35.8 Å². The summed E-state index contributed by atoms with van der Waals surface area (Å²) >= 11 is 1.10. The number of nitrogens with zero attached hydrogens (tertiary/aromatic N) is 2. The van der Waals surface area contributed by atoms with Crippen molar-refractivity contribution in [1.82, 2.24) is 9.55 Å². The largest absolute Gasteiger partial charge is 0.323 e. The molecule has 0 fully saturated rings. The van der Waals surface area contributed by atoms with Crippen molar-refractivity contribution in [3.05, 3.63) is 64.5 Å². The molecule has 3 aromatic rings. The normalized spacial score (nSPS) is 13.3. The zero-order chi connectivity index (χ0) is 21.1. The predicted octanol–water partition coefficient (Wildman–Crippen LogP) is 4.77. The van der Waals surface area contributed by atoms with Gasteiger partial charge >= 0.3 is 0 Å². The Morgan fingerprint density at radius 1 is 1.21 bits per heavy atom. The summed E-state index contributed by atoms with van der Waals surface area (Å²) < 4.78 is 28.7. The molecule has 2 aromatic carbocycles. The number of halogens is 2. The lowest BCUT2D eigenvalue weighted by molar-refractivity contribution is -0.115. The fourth-order valence-corrected chi connectivity index (χ4v) is 3.83. The number of nitrogens with one attached hydrogen (secondary N) is 1. The zero-order valence-electron chi connectivity index (χ0n) is 16.3. The smallest absolute Gasteiger partial charge is 0.262 e. The van der Waals surface area contributed by atoms with Crippen LogP contribution in [0.15, 0.2) is 52.4 Å². The first kappa shape index (κ1) is 21.0. The van der Waals surface area contributed by atoms with E-state index in [4.69, 9.17) is 0 Å². The van der Waals surface area contributed by atoms with Crippen LogP contribution in [0.25, 0.3) is 10.9 Å². The number of carbonyl (C=O) groups is 1. The van der Waals surface area contributed by atoms with E-state index in [0.717, 1.165) is 30.0 Å². The number of anilines is 1. The van der Waals surface area contributed by atoms with Gasteiger partial charge in [-0.1, -0.05) is 30.8 Å². The van der Waals surface area contributed by atoms with E-state index in [1.807, 2.05) is 13.8 Å². The molecule has 8 heteroatoms. The van der Waals surface area contributed by atoms with Crippen LogP contribution in [0.5, 0.6) is 0 Å². The van der Waals surface area contributed by atoms with Gasteiger partial charge < -0.3 is 5.32 Å². The summed E-state index contributed by atoms with van der Waals surface area (Å²) in [6, 6.07) is 9.78. The molecule has 0 aliphatic carbocycles. The third kappa shape index (κ3) is 4.48. The number of hydrogen-bond donors (Lipinski definition) is 1. The second-order valence-corrected chi connectivity index (χ2v) is 8.03.